The summed E-state index contributed by atoms with van der Waals surface area (Å²) < 4.78 is 5.79. The molecule has 4 heteroatoms. The van der Waals surface area contributed by atoms with Crippen LogP contribution in [0.4, 0.5) is 0 Å². The molecule has 0 spiro atoms. The number of hydrogen-bond acceptors (Lipinski definition) is 3. The van der Waals surface area contributed by atoms with Crippen LogP contribution in [-0.4, -0.2) is 37.7 Å². The number of rotatable bonds is 5. The van der Waals surface area contributed by atoms with Gasteiger partial charge in [-0.3, -0.25) is 4.79 Å². The Kier molecular flexibility index (Phi) is 6.80. The molecule has 20 heavy (non-hydrogen) atoms. The van der Waals surface area contributed by atoms with Crippen LogP contribution >= 0.6 is 0 Å². The molecule has 2 N–H and O–H groups in total. The van der Waals surface area contributed by atoms with E-state index in [2.05, 4.69) is 17.6 Å². The van der Waals surface area contributed by atoms with Gasteiger partial charge in [-0.25, -0.2) is 0 Å². The molecular weight excluding hydrogens is 252 g/mol. The van der Waals surface area contributed by atoms with Gasteiger partial charge in [0, 0.05) is 12.5 Å². The summed E-state index contributed by atoms with van der Waals surface area (Å²) in [4.78, 5) is 12.0. The average molecular weight is 282 g/mol. The van der Waals surface area contributed by atoms with E-state index in [1.165, 1.54) is 25.7 Å². The summed E-state index contributed by atoms with van der Waals surface area (Å²) in [5, 5.41) is 6.53. The molecule has 1 saturated heterocycles. The molecule has 2 fully saturated rings. The Labute approximate surface area is 123 Å². The van der Waals surface area contributed by atoms with Gasteiger partial charge in [0.25, 0.3) is 0 Å². The Morgan fingerprint density at radius 3 is 2.70 bits per heavy atom. The van der Waals surface area contributed by atoms with E-state index in [1.54, 1.807) is 0 Å². The quantitative estimate of drug-likeness (QED) is 0.760. The minimum absolute atomic E-state index is 0.165. The minimum atomic E-state index is 0.165. The lowest BCUT2D eigenvalue weighted by atomic mass is 9.97. The van der Waals surface area contributed by atoms with E-state index < -0.39 is 0 Å². The fraction of sp³-hybridized carbons (Fsp3) is 0.938. The van der Waals surface area contributed by atoms with Gasteiger partial charge in [-0.05, 0) is 44.7 Å². The molecule has 1 aliphatic heterocycles. The number of carbonyl (C=O) groups excluding carboxylic acids is 1. The summed E-state index contributed by atoms with van der Waals surface area (Å²) >= 11 is 0. The zero-order valence-electron chi connectivity index (χ0n) is 12.8. The fourth-order valence-corrected chi connectivity index (χ4v) is 3.27. The first-order valence-corrected chi connectivity index (χ1v) is 8.37. The Morgan fingerprint density at radius 1 is 1.15 bits per heavy atom. The van der Waals surface area contributed by atoms with Crippen molar-refractivity contribution in [3.63, 3.8) is 0 Å². The van der Waals surface area contributed by atoms with Crippen LogP contribution in [0.1, 0.15) is 58.3 Å². The van der Waals surface area contributed by atoms with Gasteiger partial charge in [0.15, 0.2) is 0 Å². The van der Waals surface area contributed by atoms with Crippen LogP contribution in [-0.2, 0) is 9.53 Å². The maximum Gasteiger partial charge on any atom is 0.222 e. The average Bonchev–Trinajstić information content (AvgIpc) is 2.65. The molecule has 0 aromatic heterocycles. The fourth-order valence-electron chi connectivity index (χ4n) is 3.27. The summed E-state index contributed by atoms with van der Waals surface area (Å²) in [5.74, 6) is 0.782. The summed E-state index contributed by atoms with van der Waals surface area (Å²) in [6.07, 6.45) is 9.26. The Morgan fingerprint density at radius 2 is 1.90 bits per heavy atom. The largest absolute Gasteiger partial charge is 0.378 e. The van der Waals surface area contributed by atoms with Crippen molar-refractivity contribution in [3.05, 3.63) is 0 Å². The van der Waals surface area contributed by atoms with Crippen LogP contribution < -0.4 is 10.6 Å². The zero-order chi connectivity index (χ0) is 14.2. The monoisotopic (exact) mass is 282 g/mol. The van der Waals surface area contributed by atoms with Crippen molar-refractivity contribution < 1.29 is 9.53 Å². The van der Waals surface area contributed by atoms with Crippen molar-refractivity contribution in [3.8, 4) is 0 Å². The maximum atomic E-state index is 12.0. The molecule has 1 heterocycles. The highest BCUT2D eigenvalue weighted by Gasteiger charge is 2.21. The second-order valence-electron chi connectivity index (χ2n) is 6.36. The van der Waals surface area contributed by atoms with Gasteiger partial charge in [0.1, 0.15) is 0 Å². The van der Waals surface area contributed by atoms with Crippen LogP contribution in [0.3, 0.4) is 0 Å². The smallest absolute Gasteiger partial charge is 0.222 e. The van der Waals surface area contributed by atoms with Crippen LogP contribution in [0.25, 0.3) is 0 Å². The maximum absolute atomic E-state index is 12.0. The van der Waals surface area contributed by atoms with Gasteiger partial charge in [-0.15, -0.1) is 0 Å². The molecule has 2 atom stereocenters. The lowest BCUT2D eigenvalue weighted by Crippen LogP contribution is -2.39. The molecule has 0 aromatic carbocycles. The van der Waals surface area contributed by atoms with E-state index in [9.17, 15) is 4.79 Å². The van der Waals surface area contributed by atoms with Crippen LogP contribution in [0.15, 0.2) is 0 Å². The van der Waals surface area contributed by atoms with Crippen molar-refractivity contribution in [1.82, 2.24) is 10.6 Å². The summed E-state index contributed by atoms with van der Waals surface area (Å²) in [7, 11) is 0. The van der Waals surface area contributed by atoms with Gasteiger partial charge in [-0.2, -0.15) is 0 Å². The minimum Gasteiger partial charge on any atom is -0.378 e. The van der Waals surface area contributed by atoms with Crippen LogP contribution in [0.2, 0.25) is 0 Å². The Bertz CT molecular complexity index is 290. The van der Waals surface area contributed by atoms with E-state index in [4.69, 9.17) is 4.74 Å². The van der Waals surface area contributed by atoms with Crippen molar-refractivity contribution in [2.45, 2.75) is 70.4 Å². The number of hydrogen-bond donors (Lipinski definition) is 2. The number of carbonyl (C=O) groups is 1. The summed E-state index contributed by atoms with van der Waals surface area (Å²) in [6.45, 7) is 4.91. The molecule has 2 aliphatic rings. The molecule has 2 unspecified atom stereocenters. The molecule has 1 saturated carbocycles. The van der Waals surface area contributed by atoms with Gasteiger partial charge < -0.3 is 15.4 Å². The summed E-state index contributed by atoms with van der Waals surface area (Å²) in [5.41, 5.74) is 0. The summed E-state index contributed by atoms with van der Waals surface area (Å²) in [6, 6.07) is 0.379. The van der Waals surface area contributed by atoms with E-state index >= 15 is 0 Å². The van der Waals surface area contributed by atoms with Gasteiger partial charge in [-0.1, -0.05) is 26.2 Å². The molecular formula is C16H30N2O2. The van der Waals surface area contributed by atoms with Gasteiger partial charge in [0.2, 0.25) is 5.91 Å². The van der Waals surface area contributed by atoms with Gasteiger partial charge in [0.05, 0.1) is 12.7 Å². The highest BCUT2D eigenvalue weighted by atomic mass is 16.5. The molecule has 1 aliphatic carbocycles. The standard InChI is InChI=1S/C16H30N2O2/c1-13-5-3-2-4-6-15(13)18-16(19)9-12-20-14-7-10-17-11-8-14/h13-15,17H,2-12H2,1H3,(H,18,19). The first kappa shape index (κ1) is 15.8. The number of piperidine rings is 1. The predicted molar refractivity (Wildman–Crippen MR) is 80.6 cm³/mol. The molecule has 0 radical (unpaired) electrons. The lowest BCUT2D eigenvalue weighted by molar-refractivity contribution is -0.123. The molecule has 2 rings (SSSR count). The van der Waals surface area contributed by atoms with Crippen molar-refractivity contribution >= 4 is 5.91 Å². The van der Waals surface area contributed by atoms with Crippen LogP contribution in [0.5, 0.6) is 0 Å². The van der Waals surface area contributed by atoms with Gasteiger partial charge >= 0.3 is 0 Å². The molecule has 1 amide bonds. The van der Waals surface area contributed by atoms with Crippen molar-refractivity contribution in [2.75, 3.05) is 19.7 Å². The van der Waals surface area contributed by atoms with E-state index in [0.717, 1.165) is 32.4 Å². The van der Waals surface area contributed by atoms with E-state index in [0.29, 0.717) is 31.1 Å². The topological polar surface area (TPSA) is 50.4 Å². The Balaban J connectivity index is 1.61. The van der Waals surface area contributed by atoms with Crippen LogP contribution in [0, 0.1) is 5.92 Å². The number of ether oxygens (including phenoxy) is 1. The third-order valence-corrected chi connectivity index (χ3v) is 4.68. The first-order valence-electron chi connectivity index (χ1n) is 8.37. The van der Waals surface area contributed by atoms with Crippen molar-refractivity contribution in [1.29, 1.82) is 0 Å². The van der Waals surface area contributed by atoms with Crippen molar-refractivity contribution in [2.24, 2.45) is 5.92 Å². The van der Waals surface area contributed by atoms with E-state index in [1.807, 2.05) is 0 Å². The molecule has 0 bridgehead atoms. The number of nitrogens with one attached hydrogen (secondary N) is 2. The van der Waals surface area contributed by atoms with E-state index in [-0.39, 0.29) is 5.91 Å². The normalized spacial score (nSPS) is 28.9. The number of amides is 1. The lowest BCUT2D eigenvalue weighted by Gasteiger charge is -2.24. The zero-order valence-corrected chi connectivity index (χ0v) is 12.8. The Hall–Kier alpha value is -0.610. The second-order valence-corrected chi connectivity index (χ2v) is 6.36. The molecule has 4 nitrogen and oxygen atoms in total. The first-order chi connectivity index (χ1) is 9.75. The third-order valence-electron chi connectivity index (χ3n) is 4.68. The highest BCUT2D eigenvalue weighted by molar-refractivity contribution is 5.76. The molecule has 0 aromatic rings. The SMILES string of the molecule is CC1CCCCCC1NC(=O)CCOC1CCNCC1. The third kappa shape index (κ3) is 5.41. The predicted octanol–water partition coefficient (Wildman–Crippen LogP) is 2.23. The molecule has 116 valence electrons. The second kappa shape index (κ2) is 8.63. The highest BCUT2D eigenvalue weighted by Crippen LogP contribution is 2.22.